The molecule has 1 aromatic heterocycles. The van der Waals surface area contributed by atoms with Gasteiger partial charge in [-0.2, -0.15) is 13.2 Å². The van der Waals surface area contributed by atoms with Gasteiger partial charge < -0.3 is 10.2 Å². The largest absolute Gasteiger partial charge is 0.416 e. The van der Waals surface area contributed by atoms with E-state index in [4.69, 9.17) is 23.2 Å². The molecule has 1 aromatic carbocycles. The first-order valence-corrected chi connectivity index (χ1v) is 7.95. The Bertz CT molecular complexity index is 790. The fraction of sp³-hybridized carbons (Fsp3) is 0.188. The number of nitrogens with zero attached hydrogens (tertiary/aromatic N) is 3. The number of hydrogen-bond acceptors (Lipinski definition) is 4. The molecular formula is C16H13Cl2F3N4. The predicted molar refractivity (Wildman–Crippen MR) is 92.5 cm³/mol. The highest BCUT2D eigenvalue weighted by molar-refractivity contribution is 6.39. The lowest BCUT2D eigenvalue weighted by atomic mass is 10.2. The first-order chi connectivity index (χ1) is 11.8. The average molecular weight is 389 g/mol. The summed E-state index contributed by atoms with van der Waals surface area (Å²) in [5.74, 6) is 0.149. The van der Waals surface area contributed by atoms with Crippen LogP contribution in [0.15, 0.2) is 48.9 Å². The molecule has 0 aliphatic carbocycles. The maximum Gasteiger partial charge on any atom is 0.416 e. The molecule has 0 amide bonds. The Kier molecular flexibility index (Phi) is 4.71. The minimum absolute atomic E-state index is 0.149. The standard InChI is InChI=1S/C16H13Cl2F3N4/c1-24-7-8-25(13-9-10(5-6-22-13)16(19,20)21)15(24)23-14-11(17)3-2-4-12(14)18/h2-9,15,23H,1H3. The second-order valence-corrected chi connectivity index (χ2v) is 6.20. The Hall–Kier alpha value is -2.12. The molecule has 4 nitrogen and oxygen atoms in total. The topological polar surface area (TPSA) is 31.4 Å². The second-order valence-electron chi connectivity index (χ2n) is 5.39. The molecule has 0 saturated carbocycles. The van der Waals surface area contributed by atoms with Crippen molar-refractivity contribution in [1.82, 2.24) is 9.88 Å². The van der Waals surface area contributed by atoms with Gasteiger partial charge in [0.05, 0.1) is 21.3 Å². The van der Waals surface area contributed by atoms with E-state index in [-0.39, 0.29) is 5.82 Å². The molecule has 9 heteroatoms. The van der Waals surface area contributed by atoms with E-state index in [0.29, 0.717) is 15.7 Å². The van der Waals surface area contributed by atoms with Crippen molar-refractivity contribution in [2.75, 3.05) is 17.3 Å². The molecule has 1 aliphatic heterocycles. The van der Waals surface area contributed by atoms with Crippen LogP contribution in [0.2, 0.25) is 10.0 Å². The molecule has 132 valence electrons. The quantitative estimate of drug-likeness (QED) is 0.799. The van der Waals surface area contributed by atoms with Gasteiger partial charge in [-0.1, -0.05) is 29.3 Å². The van der Waals surface area contributed by atoms with Crippen molar-refractivity contribution >= 4 is 34.7 Å². The first-order valence-electron chi connectivity index (χ1n) is 7.20. The normalized spacial score (nSPS) is 17.3. The third-order valence-electron chi connectivity index (χ3n) is 3.69. The van der Waals surface area contributed by atoms with E-state index in [1.54, 1.807) is 47.4 Å². The molecule has 0 fully saturated rings. The van der Waals surface area contributed by atoms with E-state index in [1.807, 2.05) is 0 Å². The third-order valence-corrected chi connectivity index (χ3v) is 4.32. The summed E-state index contributed by atoms with van der Waals surface area (Å²) in [4.78, 5) is 7.38. The summed E-state index contributed by atoms with van der Waals surface area (Å²) in [7, 11) is 1.77. The Morgan fingerprint density at radius 2 is 1.80 bits per heavy atom. The van der Waals surface area contributed by atoms with Gasteiger partial charge in [0.1, 0.15) is 5.82 Å². The van der Waals surface area contributed by atoms with Crippen LogP contribution in [0.1, 0.15) is 5.56 Å². The summed E-state index contributed by atoms with van der Waals surface area (Å²) >= 11 is 12.3. The Morgan fingerprint density at radius 3 is 2.44 bits per heavy atom. The minimum atomic E-state index is -4.44. The lowest BCUT2D eigenvalue weighted by Gasteiger charge is -2.31. The summed E-state index contributed by atoms with van der Waals surface area (Å²) in [6, 6.07) is 6.97. The van der Waals surface area contributed by atoms with Crippen LogP contribution in [0, 0.1) is 0 Å². The molecule has 0 radical (unpaired) electrons. The molecule has 2 aromatic rings. The summed E-state index contributed by atoms with van der Waals surface area (Å²) in [6.07, 6.45) is -0.505. The number of benzene rings is 1. The van der Waals surface area contributed by atoms with Gasteiger partial charge in [0.2, 0.25) is 0 Å². The zero-order valence-corrected chi connectivity index (χ0v) is 14.4. The molecule has 0 bridgehead atoms. The van der Waals surface area contributed by atoms with Crippen LogP contribution in [-0.2, 0) is 6.18 Å². The van der Waals surface area contributed by atoms with Crippen LogP contribution in [-0.4, -0.2) is 23.2 Å². The van der Waals surface area contributed by atoms with E-state index in [9.17, 15) is 13.2 Å². The number of para-hydroxylation sites is 1. The molecular weight excluding hydrogens is 376 g/mol. The molecule has 3 rings (SSSR count). The molecule has 1 aliphatic rings. The van der Waals surface area contributed by atoms with Crippen molar-refractivity contribution in [3.63, 3.8) is 0 Å². The molecule has 0 spiro atoms. The molecule has 1 N–H and O–H groups in total. The second kappa shape index (κ2) is 6.65. The molecule has 0 saturated heterocycles. The smallest absolute Gasteiger partial charge is 0.345 e. The van der Waals surface area contributed by atoms with Gasteiger partial charge in [0.15, 0.2) is 6.29 Å². The number of aromatic nitrogens is 1. The zero-order chi connectivity index (χ0) is 18.2. The summed E-state index contributed by atoms with van der Waals surface area (Å²) < 4.78 is 38.9. The minimum Gasteiger partial charge on any atom is -0.345 e. The monoisotopic (exact) mass is 388 g/mol. The zero-order valence-electron chi connectivity index (χ0n) is 12.9. The maximum absolute atomic E-state index is 13.0. The highest BCUT2D eigenvalue weighted by atomic mass is 35.5. The fourth-order valence-electron chi connectivity index (χ4n) is 2.41. The van der Waals surface area contributed by atoms with Crippen LogP contribution in [0.4, 0.5) is 24.7 Å². The van der Waals surface area contributed by atoms with E-state index < -0.39 is 18.0 Å². The van der Waals surface area contributed by atoms with Crippen molar-refractivity contribution in [2.45, 2.75) is 12.5 Å². The van der Waals surface area contributed by atoms with Gasteiger partial charge in [-0.3, -0.25) is 4.90 Å². The van der Waals surface area contributed by atoms with Crippen LogP contribution in [0.3, 0.4) is 0 Å². The summed E-state index contributed by atoms with van der Waals surface area (Å²) in [6.45, 7) is 0. The SMILES string of the molecule is CN1C=CN(c2cc(C(F)(F)F)ccn2)C1Nc1c(Cl)cccc1Cl. The van der Waals surface area contributed by atoms with Crippen molar-refractivity contribution in [3.05, 3.63) is 64.5 Å². The lowest BCUT2D eigenvalue weighted by Crippen LogP contribution is -2.43. The van der Waals surface area contributed by atoms with Crippen LogP contribution < -0.4 is 10.2 Å². The van der Waals surface area contributed by atoms with Gasteiger partial charge in [-0.05, 0) is 24.3 Å². The summed E-state index contributed by atoms with van der Waals surface area (Å²) in [5.41, 5.74) is -0.279. The number of rotatable bonds is 3. The van der Waals surface area contributed by atoms with E-state index in [2.05, 4.69) is 10.3 Å². The van der Waals surface area contributed by atoms with Crippen LogP contribution in [0.25, 0.3) is 0 Å². The molecule has 1 atom stereocenters. The Morgan fingerprint density at radius 1 is 1.12 bits per heavy atom. The van der Waals surface area contributed by atoms with Crippen molar-refractivity contribution in [1.29, 1.82) is 0 Å². The highest BCUT2D eigenvalue weighted by Gasteiger charge is 2.33. The van der Waals surface area contributed by atoms with E-state index in [0.717, 1.165) is 18.3 Å². The first kappa shape index (κ1) is 17.7. The van der Waals surface area contributed by atoms with Crippen molar-refractivity contribution in [2.24, 2.45) is 0 Å². The van der Waals surface area contributed by atoms with E-state index >= 15 is 0 Å². The lowest BCUT2D eigenvalue weighted by molar-refractivity contribution is -0.137. The molecule has 1 unspecified atom stereocenters. The van der Waals surface area contributed by atoms with Gasteiger partial charge in [0.25, 0.3) is 0 Å². The molecule has 25 heavy (non-hydrogen) atoms. The van der Waals surface area contributed by atoms with Gasteiger partial charge in [-0.15, -0.1) is 0 Å². The van der Waals surface area contributed by atoms with Crippen LogP contribution >= 0.6 is 23.2 Å². The van der Waals surface area contributed by atoms with Gasteiger partial charge in [0, 0.05) is 25.6 Å². The number of hydrogen-bond donors (Lipinski definition) is 1. The fourth-order valence-corrected chi connectivity index (χ4v) is 2.92. The maximum atomic E-state index is 13.0. The number of alkyl halides is 3. The van der Waals surface area contributed by atoms with E-state index in [1.165, 1.54) is 0 Å². The van der Waals surface area contributed by atoms with Crippen molar-refractivity contribution in [3.8, 4) is 0 Å². The third kappa shape index (κ3) is 3.62. The number of anilines is 2. The Labute approximate surface area is 152 Å². The predicted octanol–water partition coefficient (Wildman–Crippen LogP) is 5.03. The number of nitrogens with one attached hydrogen (secondary N) is 1. The van der Waals surface area contributed by atoms with Gasteiger partial charge in [-0.25, -0.2) is 4.98 Å². The summed E-state index contributed by atoms with van der Waals surface area (Å²) in [5, 5.41) is 3.95. The van der Waals surface area contributed by atoms with Crippen molar-refractivity contribution < 1.29 is 13.2 Å². The highest BCUT2D eigenvalue weighted by Crippen LogP contribution is 2.34. The molecule has 2 heterocycles. The van der Waals surface area contributed by atoms with Crippen LogP contribution in [0.5, 0.6) is 0 Å². The Balaban J connectivity index is 1.93. The van der Waals surface area contributed by atoms with Gasteiger partial charge >= 0.3 is 6.18 Å². The average Bonchev–Trinajstić information content (AvgIpc) is 2.91. The number of pyridine rings is 1. The number of halogens is 5.